The lowest BCUT2D eigenvalue weighted by atomic mass is 9.89. The Balaban J connectivity index is 1.12. The molecule has 0 unspecified atom stereocenters. The number of amides is 1. The van der Waals surface area contributed by atoms with E-state index in [0.29, 0.717) is 41.4 Å². The van der Waals surface area contributed by atoms with Gasteiger partial charge in [0, 0.05) is 36.5 Å². The van der Waals surface area contributed by atoms with Gasteiger partial charge in [-0.25, -0.2) is 4.52 Å². The Morgan fingerprint density at radius 3 is 2.42 bits per heavy atom. The number of halogens is 4. The van der Waals surface area contributed by atoms with E-state index in [0.717, 1.165) is 48.4 Å². The molecule has 0 radical (unpaired) electrons. The summed E-state index contributed by atoms with van der Waals surface area (Å²) in [4.78, 5) is 15.3. The van der Waals surface area contributed by atoms with Crippen LogP contribution in [0.3, 0.4) is 0 Å². The Morgan fingerprint density at radius 1 is 1.07 bits per heavy atom. The average Bonchev–Trinajstić information content (AvgIpc) is 3.31. The van der Waals surface area contributed by atoms with Crippen molar-refractivity contribution in [3.05, 3.63) is 94.3 Å². The van der Waals surface area contributed by atoms with Gasteiger partial charge in [0.15, 0.2) is 0 Å². The molecule has 0 bridgehead atoms. The van der Waals surface area contributed by atoms with Gasteiger partial charge < -0.3 is 15.0 Å². The zero-order valence-electron chi connectivity index (χ0n) is 22.0. The van der Waals surface area contributed by atoms with Gasteiger partial charge in [-0.15, -0.1) is 13.2 Å². The highest BCUT2D eigenvalue weighted by molar-refractivity contribution is 6.31. The summed E-state index contributed by atoms with van der Waals surface area (Å²) < 4.78 is 42.9. The minimum atomic E-state index is -4.68. The van der Waals surface area contributed by atoms with Crippen LogP contribution in [0.5, 0.6) is 5.75 Å². The van der Waals surface area contributed by atoms with Crippen molar-refractivity contribution in [2.75, 3.05) is 24.5 Å². The summed E-state index contributed by atoms with van der Waals surface area (Å²) in [6, 6.07) is 18.1. The summed E-state index contributed by atoms with van der Waals surface area (Å²) in [5.41, 5.74) is 5.29. The van der Waals surface area contributed by atoms with Crippen molar-refractivity contribution in [2.24, 2.45) is 0 Å². The maximum absolute atomic E-state index is 13.0. The first-order valence-corrected chi connectivity index (χ1v) is 13.7. The highest BCUT2D eigenvalue weighted by Gasteiger charge is 2.31. The SMILES string of the molecule is CCc1nn2ccc(Cl)cc2c1C(=O)NCCc1ccc(N2CCC(c3ccc(OC(F)(F)F)cc3)CC2)cc1. The Labute approximate surface area is 235 Å². The van der Waals surface area contributed by atoms with Gasteiger partial charge in [0.1, 0.15) is 5.75 Å². The number of carbonyl (C=O) groups excluding carboxylic acids is 1. The lowest BCUT2D eigenvalue weighted by molar-refractivity contribution is -0.274. The highest BCUT2D eigenvalue weighted by atomic mass is 35.5. The van der Waals surface area contributed by atoms with E-state index in [1.54, 1.807) is 35.0 Å². The van der Waals surface area contributed by atoms with Crippen LogP contribution in [-0.4, -0.2) is 41.5 Å². The van der Waals surface area contributed by atoms with E-state index in [4.69, 9.17) is 11.6 Å². The third-order valence-electron chi connectivity index (χ3n) is 7.31. The van der Waals surface area contributed by atoms with E-state index in [1.165, 1.54) is 12.1 Å². The van der Waals surface area contributed by atoms with Gasteiger partial charge >= 0.3 is 6.36 Å². The van der Waals surface area contributed by atoms with Gasteiger partial charge in [0.05, 0.1) is 16.8 Å². The van der Waals surface area contributed by atoms with E-state index in [2.05, 4.69) is 44.3 Å². The molecule has 2 aromatic carbocycles. The Kier molecular flexibility index (Phi) is 8.21. The highest BCUT2D eigenvalue weighted by Crippen LogP contribution is 2.32. The first-order chi connectivity index (χ1) is 19.2. The molecule has 0 spiro atoms. The molecule has 0 aliphatic carbocycles. The number of aromatic nitrogens is 2. The lowest BCUT2D eigenvalue weighted by Crippen LogP contribution is -2.32. The number of pyridine rings is 1. The summed E-state index contributed by atoms with van der Waals surface area (Å²) in [7, 11) is 0. The smallest absolute Gasteiger partial charge is 0.406 e. The molecule has 6 nitrogen and oxygen atoms in total. The molecule has 1 aliphatic heterocycles. The van der Waals surface area contributed by atoms with Gasteiger partial charge in [-0.2, -0.15) is 5.10 Å². The molecule has 1 N–H and O–H groups in total. The number of hydrogen-bond acceptors (Lipinski definition) is 4. The molecule has 5 rings (SSSR count). The van der Waals surface area contributed by atoms with Crippen LogP contribution in [0.1, 0.15) is 52.9 Å². The van der Waals surface area contributed by atoms with Gasteiger partial charge in [-0.1, -0.05) is 42.8 Å². The maximum Gasteiger partial charge on any atom is 0.573 e. The number of ether oxygens (including phenoxy) is 1. The fourth-order valence-electron chi connectivity index (χ4n) is 5.26. The van der Waals surface area contributed by atoms with Crippen LogP contribution in [-0.2, 0) is 12.8 Å². The Hall–Kier alpha value is -3.72. The molecule has 210 valence electrons. The second-order valence-electron chi connectivity index (χ2n) is 9.90. The zero-order chi connectivity index (χ0) is 28.3. The zero-order valence-corrected chi connectivity index (χ0v) is 22.8. The van der Waals surface area contributed by atoms with Crippen molar-refractivity contribution >= 4 is 28.7 Å². The van der Waals surface area contributed by atoms with E-state index >= 15 is 0 Å². The molecule has 1 amide bonds. The maximum atomic E-state index is 13.0. The van der Waals surface area contributed by atoms with E-state index in [1.807, 2.05) is 6.92 Å². The standard InChI is InChI=1S/C30H30ClF3N4O2/c1-2-26-28(27-19-23(31)14-18-38(27)36-26)29(39)35-15-11-20-3-7-24(8-4-20)37-16-12-22(13-17-37)21-5-9-25(10-6-21)40-30(32,33)34/h3-10,14,18-19,22H,2,11-13,15-17H2,1H3,(H,35,39). The van der Waals surface area contributed by atoms with E-state index in [9.17, 15) is 18.0 Å². The van der Waals surface area contributed by atoms with Crippen molar-refractivity contribution in [1.82, 2.24) is 14.9 Å². The number of alkyl halides is 3. The second-order valence-corrected chi connectivity index (χ2v) is 10.3. The summed E-state index contributed by atoms with van der Waals surface area (Å²) >= 11 is 6.15. The molecule has 1 fully saturated rings. The van der Waals surface area contributed by atoms with E-state index in [-0.39, 0.29) is 11.7 Å². The monoisotopic (exact) mass is 570 g/mol. The van der Waals surface area contributed by atoms with Gasteiger partial charge in [-0.05, 0) is 79.1 Å². The summed E-state index contributed by atoms with van der Waals surface area (Å²) in [5, 5.41) is 8.08. The fraction of sp³-hybridized carbons (Fsp3) is 0.333. The second kappa shape index (κ2) is 11.8. The molecular weight excluding hydrogens is 541 g/mol. The molecular formula is C30H30ClF3N4O2. The van der Waals surface area contributed by atoms with Gasteiger partial charge in [0.25, 0.3) is 5.91 Å². The first kappa shape index (κ1) is 27.8. The molecule has 40 heavy (non-hydrogen) atoms. The Bertz CT molecular complexity index is 1460. The van der Waals surface area contributed by atoms with Crippen molar-refractivity contribution in [1.29, 1.82) is 0 Å². The molecule has 1 aliphatic rings. The molecule has 4 aromatic rings. The van der Waals surface area contributed by atoms with Crippen molar-refractivity contribution < 1.29 is 22.7 Å². The molecule has 10 heteroatoms. The quantitative estimate of drug-likeness (QED) is 0.253. The fourth-order valence-corrected chi connectivity index (χ4v) is 5.42. The molecule has 3 heterocycles. The van der Waals surface area contributed by atoms with Crippen LogP contribution in [0.4, 0.5) is 18.9 Å². The largest absolute Gasteiger partial charge is 0.573 e. The number of anilines is 1. The third kappa shape index (κ3) is 6.53. The number of benzene rings is 2. The van der Waals surface area contributed by atoms with Gasteiger partial charge in [-0.3, -0.25) is 4.79 Å². The molecule has 0 atom stereocenters. The summed E-state index contributed by atoms with van der Waals surface area (Å²) in [6.45, 7) is 4.20. The number of piperidine rings is 1. The normalized spacial score (nSPS) is 14.5. The number of nitrogens with one attached hydrogen (secondary N) is 1. The summed E-state index contributed by atoms with van der Waals surface area (Å²) in [5.74, 6) is -0.0490. The lowest BCUT2D eigenvalue weighted by Gasteiger charge is -2.34. The number of carbonyl (C=O) groups is 1. The van der Waals surface area contributed by atoms with Crippen molar-refractivity contribution in [2.45, 2.75) is 44.9 Å². The first-order valence-electron chi connectivity index (χ1n) is 13.3. The minimum Gasteiger partial charge on any atom is -0.406 e. The number of nitrogens with zero attached hydrogens (tertiary/aromatic N) is 3. The number of aryl methyl sites for hydroxylation is 1. The predicted octanol–water partition coefficient (Wildman–Crippen LogP) is 6.81. The van der Waals surface area contributed by atoms with Gasteiger partial charge in [0.2, 0.25) is 0 Å². The Morgan fingerprint density at radius 2 is 1.77 bits per heavy atom. The average molecular weight is 571 g/mol. The number of hydrogen-bond donors (Lipinski definition) is 1. The van der Waals surface area contributed by atoms with Crippen LogP contribution in [0.2, 0.25) is 5.02 Å². The topological polar surface area (TPSA) is 58.9 Å². The van der Waals surface area contributed by atoms with Crippen LogP contribution in [0.25, 0.3) is 5.52 Å². The predicted molar refractivity (Wildman–Crippen MR) is 149 cm³/mol. The van der Waals surface area contributed by atoms with E-state index < -0.39 is 6.36 Å². The minimum absolute atomic E-state index is 0.156. The molecule has 2 aromatic heterocycles. The number of fused-ring (bicyclic) bond motifs is 1. The van der Waals surface area contributed by atoms with Crippen LogP contribution in [0.15, 0.2) is 66.9 Å². The van der Waals surface area contributed by atoms with Crippen LogP contribution in [0, 0.1) is 0 Å². The summed E-state index contributed by atoms with van der Waals surface area (Å²) in [6.07, 6.45) is 0.253. The van der Waals surface area contributed by atoms with Crippen LogP contribution < -0.4 is 15.0 Å². The number of rotatable bonds is 8. The van der Waals surface area contributed by atoms with Crippen molar-refractivity contribution in [3.8, 4) is 5.75 Å². The third-order valence-corrected chi connectivity index (χ3v) is 7.55. The van der Waals surface area contributed by atoms with Crippen molar-refractivity contribution in [3.63, 3.8) is 0 Å². The van der Waals surface area contributed by atoms with Crippen LogP contribution >= 0.6 is 11.6 Å². The molecule has 0 saturated carbocycles. The molecule has 1 saturated heterocycles.